The summed E-state index contributed by atoms with van der Waals surface area (Å²) in [6.07, 6.45) is 0. The lowest BCUT2D eigenvalue weighted by atomic mass is 10.2. The fraction of sp³-hybridized carbons (Fsp3) is 0.0769. The number of ether oxygens (including phenoxy) is 1. The lowest BCUT2D eigenvalue weighted by Gasteiger charge is -2.05. The zero-order valence-electron chi connectivity index (χ0n) is 9.47. The molecule has 2 N–H and O–H groups in total. The summed E-state index contributed by atoms with van der Waals surface area (Å²) in [5.74, 6) is -0.359. The van der Waals surface area contributed by atoms with Crippen LogP contribution in [0.4, 0.5) is 5.82 Å². The highest BCUT2D eigenvalue weighted by molar-refractivity contribution is 6.31. The van der Waals surface area contributed by atoms with E-state index in [4.69, 9.17) is 22.1 Å². The molecule has 1 aromatic heterocycles. The van der Waals surface area contributed by atoms with Crippen molar-refractivity contribution in [1.82, 2.24) is 4.98 Å². The van der Waals surface area contributed by atoms with Crippen molar-refractivity contribution in [2.24, 2.45) is 0 Å². The smallest absolute Gasteiger partial charge is 0.357 e. The van der Waals surface area contributed by atoms with Crippen LogP contribution in [0.3, 0.4) is 0 Å². The Labute approximate surface area is 109 Å². The van der Waals surface area contributed by atoms with Crippen LogP contribution in [0.1, 0.15) is 16.1 Å². The molecule has 1 heterocycles. The van der Waals surface area contributed by atoms with Crippen LogP contribution in [-0.4, -0.2) is 11.0 Å². The standard InChI is InChI=1S/C13H11ClN2O2/c14-10-6-11(16-12(15)7-10)13(17)18-8-9-4-2-1-3-5-9/h1-7H,8H2,(H2,15,16). The molecule has 0 fully saturated rings. The first-order chi connectivity index (χ1) is 8.65. The topological polar surface area (TPSA) is 65.2 Å². The third-order valence-electron chi connectivity index (χ3n) is 2.23. The van der Waals surface area contributed by atoms with Gasteiger partial charge >= 0.3 is 5.97 Å². The first-order valence-electron chi connectivity index (χ1n) is 5.29. The maximum Gasteiger partial charge on any atom is 0.357 e. The third kappa shape index (κ3) is 3.21. The average molecular weight is 263 g/mol. The maximum atomic E-state index is 11.7. The molecule has 2 rings (SSSR count). The maximum absolute atomic E-state index is 11.7. The number of carbonyl (C=O) groups excluding carboxylic acids is 1. The molecule has 18 heavy (non-hydrogen) atoms. The van der Waals surface area contributed by atoms with E-state index in [9.17, 15) is 4.79 Å². The monoisotopic (exact) mass is 262 g/mol. The molecule has 0 unspecified atom stereocenters. The van der Waals surface area contributed by atoms with E-state index in [1.807, 2.05) is 30.3 Å². The normalized spacial score (nSPS) is 10.1. The second-order valence-electron chi connectivity index (χ2n) is 3.66. The van der Waals surface area contributed by atoms with Crippen LogP contribution in [0.5, 0.6) is 0 Å². The molecule has 92 valence electrons. The van der Waals surface area contributed by atoms with Crippen LogP contribution < -0.4 is 5.73 Å². The van der Waals surface area contributed by atoms with Crippen LogP contribution in [0.15, 0.2) is 42.5 Å². The van der Waals surface area contributed by atoms with Crippen molar-refractivity contribution in [2.75, 3.05) is 5.73 Å². The molecule has 1 aromatic carbocycles. The quantitative estimate of drug-likeness (QED) is 0.864. The van der Waals surface area contributed by atoms with Gasteiger partial charge in [-0.05, 0) is 17.7 Å². The van der Waals surface area contributed by atoms with Crippen molar-refractivity contribution in [3.05, 3.63) is 58.7 Å². The summed E-state index contributed by atoms with van der Waals surface area (Å²) in [5.41, 5.74) is 6.51. The zero-order chi connectivity index (χ0) is 13.0. The van der Waals surface area contributed by atoms with Gasteiger partial charge < -0.3 is 10.5 Å². The number of aromatic nitrogens is 1. The van der Waals surface area contributed by atoms with Gasteiger partial charge in [-0.25, -0.2) is 9.78 Å². The molecule has 0 aliphatic rings. The van der Waals surface area contributed by atoms with E-state index in [1.165, 1.54) is 12.1 Å². The summed E-state index contributed by atoms with van der Waals surface area (Å²) in [5, 5.41) is 0.356. The van der Waals surface area contributed by atoms with Gasteiger partial charge in [-0.2, -0.15) is 0 Å². The molecule has 0 spiro atoms. The van der Waals surface area contributed by atoms with Crippen LogP contribution in [0.2, 0.25) is 5.02 Å². The number of nitrogen functional groups attached to an aromatic ring is 1. The molecule has 0 radical (unpaired) electrons. The van der Waals surface area contributed by atoms with Crippen LogP contribution in [0, 0.1) is 0 Å². The molecule has 0 aliphatic carbocycles. The Balaban J connectivity index is 2.04. The zero-order valence-corrected chi connectivity index (χ0v) is 10.2. The summed E-state index contributed by atoms with van der Waals surface area (Å²) in [7, 11) is 0. The number of hydrogen-bond acceptors (Lipinski definition) is 4. The van der Waals surface area contributed by atoms with Crippen molar-refractivity contribution in [2.45, 2.75) is 6.61 Å². The van der Waals surface area contributed by atoms with Gasteiger partial charge in [0.15, 0.2) is 5.69 Å². The average Bonchev–Trinajstić information content (AvgIpc) is 2.36. The van der Waals surface area contributed by atoms with Crippen LogP contribution in [0.25, 0.3) is 0 Å². The highest BCUT2D eigenvalue weighted by atomic mass is 35.5. The summed E-state index contributed by atoms with van der Waals surface area (Å²) >= 11 is 5.78. The Morgan fingerprint density at radius 2 is 2.00 bits per heavy atom. The predicted octanol–water partition coefficient (Wildman–Crippen LogP) is 2.67. The van der Waals surface area contributed by atoms with Crippen LogP contribution in [-0.2, 0) is 11.3 Å². The van der Waals surface area contributed by atoms with Crippen molar-refractivity contribution < 1.29 is 9.53 Å². The number of nitrogens with zero attached hydrogens (tertiary/aromatic N) is 1. The minimum atomic E-state index is -0.548. The molecule has 0 saturated heterocycles. The van der Waals surface area contributed by atoms with Gasteiger partial charge in [0, 0.05) is 5.02 Å². The number of esters is 1. The number of hydrogen-bond donors (Lipinski definition) is 1. The first-order valence-corrected chi connectivity index (χ1v) is 5.67. The molecule has 0 bridgehead atoms. The van der Waals surface area contributed by atoms with Gasteiger partial charge in [0.1, 0.15) is 12.4 Å². The molecule has 0 atom stereocenters. The number of anilines is 1. The Morgan fingerprint density at radius 3 is 2.67 bits per heavy atom. The number of nitrogens with two attached hydrogens (primary N) is 1. The van der Waals surface area contributed by atoms with Gasteiger partial charge in [0.25, 0.3) is 0 Å². The minimum absolute atomic E-state index is 0.107. The van der Waals surface area contributed by atoms with Gasteiger partial charge in [-0.15, -0.1) is 0 Å². The number of carbonyl (C=O) groups is 1. The first kappa shape index (κ1) is 12.4. The summed E-state index contributed by atoms with van der Waals surface area (Å²) < 4.78 is 5.11. The van der Waals surface area contributed by atoms with Crippen molar-refractivity contribution in [3.8, 4) is 0 Å². The fourth-order valence-electron chi connectivity index (χ4n) is 1.42. The highest BCUT2D eigenvalue weighted by Crippen LogP contribution is 2.14. The highest BCUT2D eigenvalue weighted by Gasteiger charge is 2.10. The number of pyridine rings is 1. The van der Waals surface area contributed by atoms with E-state index in [0.717, 1.165) is 5.56 Å². The van der Waals surface area contributed by atoms with E-state index in [-0.39, 0.29) is 18.1 Å². The number of benzene rings is 1. The second kappa shape index (κ2) is 5.51. The minimum Gasteiger partial charge on any atom is -0.456 e. The predicted molar refractivity (Wildman–Crippen MR) is 69.2 cm³/mol. The largest absolute Gasteiger partial charge is 0.456 e. The summed E-state index contributed by atoms with van der Waals surface area (Å²) in [6.45, 7) is 0.188. The van der Waals surface area contributed by atoms with Gasteiger partial charge in [-0.1, -0.05) is 41.9 Å². The van der Waals surface area contributed by atoms with Gasteiger partial charge in [0.05, 0.1) is 0 Å². The van der Waals surface area contributed by atoms with E-state index in [2.05, 4.69) is 4.98 Å². The number of rotatable bonds is 3. The Kier molecular flexibility index (Phi) is 3.79. The number of halogens is 1. The van der Waals surface area contributed by atoms with E-state index >= 15 is 0 Å². The molecule has 4 nitrogen and oxygen atoms in total. The molecule has 0 saturated carbocycles. The molecular weight excluding hydrogens is 252 g/mol. The van der Waals surface area contributed by atoms with E-state index < -0.39 is 5.97 Å². The summed E-state index contributed by atoms with van der Waals surface area (Å²) in [4.78, 5) is 15.6. The Hall–Kier alpha value is -2.07. The van der Waals surface area contributed by atoms with Crippen molar-refractivity contribution in [3.63, 3.8) is 0 Å². The van der Waals surface area contributed by atoms with Crippen LogP contribution >= 0.6 is 11.6 Å². The fourth-order valence-corrected chi connectivity index (χ4v) is 1.63. The molecule has 5 heteroatoms. The summed E-state index contributed by atoms with van der Waals surface area (Å²) in [6, 6.07) is 12.3. The van der Waals surface area contributed by atoms with Gasteiger partial charge in [0.2, 0.25) is 0 Å². The molecule has 2 aromatic rings. The van der Waals surface area contributed by atoms with Gasteiger partial charge in [-0.3, -0.25) is 0 Å². The van der Waals surface area contributed by atoms with E-state index in [0.29, 0.717) is 5.02 Å². The lowest BCUT2D eigenvalue weighted by molar-refractivity contribution is 0.0466. The Morgan fingerprint density at radius 1 is 1.28 bits per heavy atom. The van der Waals surface area contributed by atoms with Crippen molar-refractivity contribution >= 4 is 23.4 Å². The third-order valence-corrected chi connectivity index (χ3v) is 2.45. The molecule has 0 amide bonds. The Bertz CT molecular complexity index is 538. The van der Waals surface area contributed by atoms with E-state index in [1.54, 1.807) is 0 Å². The molecule has 0 aliphatic heterocycles. The van der Waals surface area contributed by atoms with Crippen molar-refractivity contribution in [1.29, 1.82) is 0 Å². The lowest BCUT2D eigenvalue weighted by Crippen LogP contribution is -2.08. The SMILES string of the molecule is Nc1cc(Cl)cc(C(=O)OCc2ccccc2)n1. The second-order valence-corrected chi connectivity index (χ2v) is 4.09. The molecular formula is C13H11ClN2O2.